The molecule has 0 saturated carbocycles. The zero-order valence-electron chi connectivity index (χ0n) is 7.36. The SMILES string of the molecule is NCC(O)C1(c2cc[nH]c2)COC1. The Balaban J connectivity index is 2.25. The van der Waals surface area contributed by atoms with Crippen molar-refractivity contribution >= 4 is 0 Å². The molecule has 1 aromatic rings. The molecule has 0 spiro atoms. The lowest BCUT2D eigenvalue weighted by molar-refractivity contribution is -0.116. The third kappa shape index (κ3) is 1.18. The zero-order valence-corrected chi connectivity index (χ0v) is 7.36. The Kier molecular flexibility index (Phi) is 2.11. The summed E-state index contributed by atoms with van der Waals surface area (Å²) in [5, 5.41) is 9.78. The van der Waals surface area contributed by atoms with Gasteiger partial charge in [-0.05, 0) is 11.6 Å². The van der Waals surface area contributed by atoms with Crippen molar-refractivity contribution in [2.45, 2.75) is 11.5 Å². The smallest absolute Gasteiger partial charge is 0.0804 e. The highest BCUT2D eigenvalue weighted by Crippen LogP contribution is 2.35. The molecule has 2 rings (SSSR count). The number of nitrogens with two attached hydrogens (primary N) is 1. The molecular formula is C9H14N2O2. The Bertz CT molecular complexity index is 267. The summed E-state index contributed by atoms with van der Waals surface area (Å²) >= 11 is 0. The lowest BCUT2D eigenvalue weighted by atomic mass is 9.75. The summed E-state index contributed by atoms with van der Waals surface area (Å²) in [7, 11) is 0. The van der Waals surface area contributed by atoms with Crippen molar-refractivity contribution in [1.29, 1.82) is 0 Å². The molecule has 4 heteroatoms. The zero-order chi connectivity index (χ0) is 9.31. The second-order valence-corrected chi connectivity index (χ2v) is 3.50. The highest BCUT2D eigenvalue weighted by Gasteiger charge is 2.46. The minimum atomic E-state index is -0.517. The Morgan fingerprint density at radius 2 is 2.46 bits per heavy atom. The van der Waals surface area contributed by atoms with Gasteiger partial charge in [0.05, 0.1) is 24.7 Å². The minimum Gasteiger partial charge on any atom is -0.391 e. The predicted molar refractivity (Wildman–Crippen MR) is 48.4 cm³/mol. The van der Waals surface area contributed by atoms with E-state index in [-0.39, 0.29) is 12.0 Å². The first kappa shape index (κ1) is 8.74. The lowest BCUT2D eigenvalue weighted by Gasteiger charge is -2.44. The largest absolute Gasteiger partial charge is 0.391 e. The van der Waals surface area contributed by atoms with Crippen LogP contribution in [0.5, 0.6) is 0 Å². The number of nitrogens with one attached hydrogen (secondary N) is 1. The van der Waals surface area contributed by atoms with Crippen LogP contribution in [-0.4, -0.2) is 36.0 Å². The maximum Gasteiger partial charge on any atom is 0.0804 e. The average molecular weight is 182 g/mol. The highest BCUT2D eigenvalue weighted by molar-refractivity contribution is 5.27. The van der Waals surface area contributed by atoms with Crippen LogP contribution in [0.25, 0.3) is 0 Å². The summed E-state index contributed by atoms with van der Waals surface area (Å²) in [4.78, 5) is 2.98. The molecule has 1 aliphatic rings. The lowest BCUT2D eigenvalue weighted by Crippen LogP contribution is -2.57. The van der Waals surface area contributed by atoms with Crippen molar-refractivity contribution in [2.24, 2.45) is 5.73 Å². The Hall–Kier alpha value is -0.840. The first-order valence-electron chi connectivity index (χ1n) is 4.39. The van der Waals surface area contributed by atoms with Gasteiger partial charge in [0.15, 0.2) is 0 Å². The van der Waals surface area contributed by atoms with E-state index in [0.717, 1.165) is 5.56 Å². The predicted octanol–water partition coefficient (Wildman–Crippen LogP) is -0.398. The molecule has 0 aromatic carbocycles. The molecule has 1 aromatic heterocycles. The first-order chi connectivity index (χ1) is 6.29. The highest BCUT2D eigenvalue weighted by atomic mass is 16.5. The van der Waals surface area contributed by atoms with Crippen molar-refractivity contribution in [1.82, 2.24) is 4.98 Å². The van der Waals surface area contributed by atoms with Crippen molar-refractivity contribution in [3.8, 4) is 0 Å². The Morgan fingerprint density at radius 1 is 1.69 bits per heavy atom. The van der Waals surface area contributed by atoms with E-state index in [1.165, 1.54) is 0 Å². The molecule has 1 saturated heterocycles. The second-order valence-electron chi connectivity index (χ2n) is 3.50. The van der Waals surface area contributed by atoms with Crippen LogP contribution < -0.4 is 5.73 Å². The van der Waals surface area contributed by atoms with Crippen molar-refractivity contribution in [3.63, 3.8) is 0 Å². The van der Waals surface area contributed by atoms with Crippen molar-refractivity contribution in [2.75, 3.05) is 19.8 Å². The van der Waals surface area contributed by atoms with Crippen LogP contribution in [0.2, 0.25) is 0 Å². The average Bonchev–Trinajstić information content (AvgIpc) is 2.55. The third-order valence-corrected chi connectivity index (χ3v) is 2.75. The summed E-state index contributed by atoms with van der Waals surface area (Å²) in [6, 6.07) is 1.96. The molecule has 0 radical (unpaired) electrons. The van der Waals surface area contributed by atoms with Gasteiger partial charge >= 0.3 is 0 Å². The Morgan fingerprint density at radius 3 is 2.85 bits per heavy atom. The molecule has 1 atom stereocenters. The van der Waals surface area contributed by atoms with E-state index in [1.807, 2.05) is 18.5 Å². The fourth-order valence-corrected chi connectivity index (χ4v) is 1.73. The number of H-pyrrole nitrogens is 1. The van der Waals surface area contributed by atoms with Gasteiger partial charge in [0.25, 0.3) is 0 Å². The Labute approximate surface area is 76.7 Å². The van der Waals surface area contributed by atoms with Gasteiger partial charge in [-0.15, -0.1) is 0 Å². The second kappa shape index (κ2) is 3.14. The normalized spacial score (nSPS) is 22.3. The van der Waals surface area contributed by atoms with Crippen LogP contribution in [0, 0.1) is 0 Å². The number of aliphatic hydroxyl groups is 1. The van der Waals surface area contributed by atoms with E-state index in [9.17, 15) is 5.11 Å². The molecule has 4 N–H and O–H groups in total. The minimum absolute atomic E-state index is 0.269. The molecule has 1 fully saturated rings. The topological polar surface area (TPSA) is 71.3 Å². The van der Waals surface area contributed by atoms with E-state index in [2.05, 4.69) is 4.98 Å². The summed E-state index contributed by atoms with van der Waals surface area (Å²) in [5.74, 6) is 0. The number of ether oxygens (including phenoxy) is 1. The van der Waals surface area contributed by atoms with E-state index in [4.69, 9.17) is 10.5 Å². The summed E-state index contributed by atoms with van der Waals surface area (Å²) in [5.41, 5.74) is 6.27. The standard InChI is InChI=1S/C9H14N2O2/c10-3-8(12)9(5-13-6-9)7-1-2-11-4-7/h1-2,4,8,11-12H,3,5-6,10H2. The van der Waals surface area contributed by atoms with Gasteiger partial charge in [0.2, 0.25) is 0 Å². The van der Waals surface area contributed by atoms with Gasteiger partial charge in [0.1, 0.15) is 0 Å². The summed E-state index contributed by atoms with van der Waals surface area (Å²) < 4.78 is 5.16. The maximum absolute atomic E-state index is 9.78. The van der Waals surface area contributed by atoms with Gasteiger partial charge in [-0.2, -0.15) is 0 Å². The number of aromatic nitrogens is 1. The van der Waals surface area contributed by atoms with Gasteiger partial charge < -0.3 is 20.6 Å². The molecule has 1 aliphatic heterocycles. The van der Waals surface area contributed by atoms with Crippen LogP contribution >= 0.6 is 0 Å². The number of aliphatic hydroxyl groups excluding tert-OH is 1. The molecule has 1 unspecified atom stereocenters. The molecule has 0 amide bonds. The van der Waals surface area contributed by atoms with Crippen LogP contribution in [0.4, 0.5) is 0 Å². The molecule has 4 nitrogen and oxygen atoms in total. The van der Waals surface area contributed by atoms with Gasteiger partial charge in [-0.25, -0.2) is 0 Å². The van der Waals surface area contributed by atoms with Crippen LogP contribution in [0.3, 0.4) is 0 Å². The van der Waals surface area contributed by atoms with Crippen molar-refractivity contribution in [3.05, 3.63) is 24.0 Å². The van der Waals surface area contributed by atoms with Gasteiger partial charge in [-0.3, -0.25) is 0 Å². The molecule has 0 bridgehead atoms. The van der Waals surface area contributed by atoms with Gasteiger partial charge in [0, 0.05) is 18.9 Å². The van der Waals surface area contributed by atoms with Crippen LogP contribution in [0.1, 0.15) is 5.56 Å². The van der Waals surface area contributed by atoms with E-state index in [1.54, 1.807) is 0 Å². The number of aromatic amines is 1. The molecule has 2 heterocycles. The molecular weight excluding hydrogens is 168 g/mol. The van der Waals surface area contributed by atoms with E-state index >= 15 is 0 Å². The number of rotatable bonds is 3. The summed E-state index contributed by atoms with van der Waals surface area (Å²) in [6.07, 6.45) is 3.22. The fourth-order valence-electron chi connectivity index (χ4n) is 1.73. The number of hydrogen-bond acceptors (Lipinski definition) is 3. The molecule has 13 heavy (non-hydrogen) atoms. The van der Waals surface area contributed by atoms with Crippen LogP contribution in [-0.2, 0) is 10.2 Å². The van der Waals surface area contributed by atoms with Crippen LogP contribution in [0.15, 0.2) is 18.5 Å². The first-order valence-corrected chi connectivity index (χ1v) is 4.39. The third-order valence-electron chi connectivity index (χ3n) is 2.75. The summed E-state index contributed by atoms with van der Waals surface area (Å²) in [6.45, 7) is 1.39. The molecule has 0 aliphatic carbocycles. The number of hydrogen-bond donors (Lipinski definition) is 3. The van der Waals surface area contributed by atoms with E-state index in [0.29, 0.717) is 13.2 Å². The monoisotopic (exact) mass is 182 g/mol. The van der Waals surface area contributed by atoms with Crippen molar-refractivity contribution < 1.29 is 9.84 Å². The maximum atomic E-state index is 9.78. The van der Waals surface area contributed by atoms with Gasteiger partial charge in [-0.1, -0.05) is 0 Å². The quantitative estimate of drug-likeness (QED) is 0.595. The fraction of sp³-hybridized carbons (Fsp3) is 0.556. The van der Waals surface area contributed by atoms with E-state index < -0.39 is 6.10 Å². The molecule has 72 valence electrons.